The zero-order valence-corrected chi connectivity index (χ0v) is 5.72. The molecule has 0 aromatic rings. The van der Waals surface area contributed by atoms with Crippen LogP contribution in [0.5, 0.6) is 0 Å². The second-order valence-corrected chi connectivity index (χ2v) is 2.77. The van der Waals surface area contributed by atoms with Crippen LogP contribution in [0.3, 0.4) is 0 Å². The van der Waals surface area contributed by atoms with Gasteiger partial charge >= 0.3 is 0 Å². The molecule has 0 heterocycles. The molecule has 46 valence electrons. The Morgan fingerprint density at radius 2 is 2.38 bits per heavy atom. The van der Waals surface area contributed by atoms with Crippen LogP contribution in [0.25, 0.3) is 0 Å². The Bertz CT molecular complexity index is 98.6. The molecule has 0 atom stereocenters. The first kappa shape index (κ1) is 5.95. The van der Waals surface area contributed by atoms with E-state index < -0.39 is 0 Å². The summed E-state index contributed by atoms with van der Waals surface area (Å²) in [5.41, 5.74) is 0. The largest absolute Gasteiger partial charge is 0.362 e. The minimum atomic E-state index is 0.604. The molecule has 0 aromatic heterocycles. The van der Waals surface area contributed by atoms with Crippen molar-refractivity contribution in [2.24, 2.45) is 0 Å². The summed E-state index contributed by atoms with van der Waals surface area (Å²) in [5.74, 6) is 0. The molecular formula is C5H10N2S. The Hall–Kier alpha value is -0.180. The van der Waals surface area contributed by atoms with E-state index >= 15 is 0 Å². The monoisotopic (exact) mass is 130 g/mol. The van der Waals surface area contributed by atoms with Gasteiger partial charge in [-0.15, -0.1) is 0 Å². The molecule has 0 bridgehead atoms. The Morgan fingerprint density at radius 3 is 2.75 bits per heavy atom. The van der Waals surface area contributed by atoms with Crippen LogP contribution in [-0.2, 0) is 0 Å². The third-order valence-electron chi connectivity index (χ3n) is 1.12. The lowest BCUT2D eigenvalue weighted by molar-refractivity contribution is 0.916. The van der Waals surface area contributed by atoms with Gasteiger partial charge in [0.15, 0.2) is 5.17 Å². The van der Waals surface area contributed by atoms with Crippen molar-refractivity contribution in [3.63, 3.8) is 0 Å². The lowest BCUT2D eigenvalue weighted by atomic mass is 10.7. The van der Waals surface area contributed by atoms with Gasteiger partial charge in [0.25, 0.3) is 0 Å². The summed E-state index contributed by atoms with van der Waals surface area (Å²) in [7, 11) is 0. The molecule has 0 saturated heterocycles. The first-order valence-corrected chi connectivity index (χ1v) is 3.94. The predicted octanol–water partition coefficient (Wildman–Crippen LogP) is 1.04. The van der Waals surface area contributed by atoms with Gasteiger partial charge < -0.3 is 5.32 Å². The van der Waals surface area contributed by atoms with Crippen molar-refractivity contribution < 1.29 is 0 Å². The number of hydrogen-bond donors (Lipinski definition) is 2. The molecule has 1 fully saturated rings. The number of amidine groups is 1. The molecule has 0 radical (unpaired) electrons. The molecular weight excluding hydrogens is 120 g/mol. The summed E-state index contributed by atoms with van der Waals surface area (Å²) in [4.78, 5) is 0. The zero-order chi connectivity index (χ0) is 5.98. The van der Waals surface area contributed by atoms with E-state index in [0.717, 1.165) is 0 Å². The number of nitrogens with one attached hydrogen (secondary N) is 2. The Morgan fingerprint density at radius 1 is 1.75 bits per heavy atom. The summed E-state index contributed by atoms with van der Waals surface area (Å²) < 4.78 is 0. The normalized spacial score (nSPS) is 18.1. The highest BCUT2D eigenvalue weighted by molar-refractivity contribution is 8.13. The van der Waals surface area contributed by atoms with Crippen molar-refractivity contribution in [2.45, 2.75) is 18.9 Å². The zero-order valence-electron chi connectivity index (χ0n) is 4.90. The van der Waals surface area contributed by atoms with Gasteiger partial charge in [0.1, 0.15) is 0 Å². The fourth-order valence-corrected chi connectivity index (χ4v) is 0.757. The van der Waals surface area contributed by atoms with Crippen molar-refractivity contribution in [3.05, 3.63) is 0 Å². The predicted molar refractivity (Wildman–Crippen MR) is 37.4 cm³/mol. The van der Waals surface area contributed by atoms with Gasteiger partial charge in [-0.2, -0.15) is 0 Å². The molecule has 0 spiro atoms. The van der Waals surface area contributed by atoms with Crippen LogP contribution in [0.4, 0.5) is 0 Å². The number of rotatable bonds is 1. The summed E-state index contributed by atoms with van der Waals surface area (Å²) >= 11 is 1.47. The average molecular weight is 130 g/mol. The van der Waals surface area contributed by atoms with E-state index in [1.54, 1.807) is 0 Å². The van der Waals surface area contributed by atoms with Gasteiger partial charge in [0, 0.05) is 6.04 Å². The quantitative estimate of drug-likeness (QED) is 0.411. The molecule has 0 aromatic carbocycles. The first-order valence-electron chi connectivity index (χ1n) is 2.72. The van der Waals surface area contributed by atoms with Gasteiger partial charge in [0.05, 0.1) is 0 Å². The Kier molecular flexibility index (Phi) is 1.78. The molecule has 2 N–H and O–H groups in total. The summed E-state index contributed by atoms with van der Waals surface area (Å²) in [6.07, 6.45) is 4.42. The van der Waals surface area contributed by atoms with Gasteiger partial charge in [-0.3, -0.25) is 5.41 Å². The second-order valence-electron chi connectivity index (χ2n) is 1.95. The topological polar surface area (TPSA) is 35.9 Å². The van der Waals surface area contributed by atoms with Crippen LogP contribution in [0.15, 0.2) is 0 Å². The Balaban J connectivity index is 2.07. The summed E-state index contributed by atoms with van der Waals surface area (Å²) in [6, 6.07) is 0.634. The third kappa shape index (κ3) is 1.74. The van der Waals surface area contributed by atoms with E-state index in [-0.39, 0.29) is 0 Å². The van der Waals surface area contributed by atoms with Crippen LogP contribution >= 0.6 is 11.8 Å². The lowest BCUT2D eigenvalue weighted by Gasteiger charge is -1.99. The highest BCUT2D eigenvalue weighted by Crippen LogP contribution is 2.19. The van der Waals surface area contributed by atoms with Crippen molar-refractivity contribution in [1.82, 2.24) is 5.32 Å². The highest BCUT2D eigenvalue weighted by atomic mass is 32.2. The minimum Gasteiger partial charge on any atom is -0.362 e. The van der Waals surface area contributed by atoms with E-state index in [4.69, 9.17) is 5.41 Å². The molecule has 3 heteroatoms. The molecule has 0 aliphatic heterocycles. The smallest absolute Gasteiger partial charge is 0.153 e. The molecule has 2 nitrogen and oxygen atoms in total. The van der Waals surface area contributed by atoms with Gasteiger partial charge in [-0.05, 0) is 19.1 Å². The maximum Gasteiger partial charge on any atom is 0.153 e. The molecule has 8 heavy (non-hydrogen) atoms. The fourth-order valence-electron chi connectivity index (χ4n) is 0.472. The van der Waals surface area contributed by atoms with Crippen molar-refractivity contribution in [1.29, 1.82) is 5.41 Å². The van der Waals surface area contributed by atoms with Crippen LogP contribution in [-0.4, -0.2) is 17.5 Å². The average Bonchev–Trinajstić information content (AvgIpc) is 2.50. The first-order chi connectivity index (χ1) is 3.83. The molecule has 1 aliphatic rings. The highest BCUT2D eigenvalue weighted by Gasteiger charge is 2.21. The van der Waals surface area contributed by atoms with Crippen LogP contribution in [0, 0.1) is 5.41 Å². The van der Waals surface area contributed by atoms with Crippen LogP contribution < -0.4 is 5.32 Å². The second kappa shape index (κ2) is 2.40. The summed E-state index contributed by atoms with van der Waals surface area (Å²) in [5, 5.41) is 10.8. The third-order valence-corrected chi connectivity index (χ3v) is 1.64. The van der Waals surface area contributed by atoms with Gasteiger partial charge in [0.2, 0.25) is 0 Å². The van der Waals surface area contributed by atoms with Crippen LogP contribution in [0.2, 0.25) is 0 Å². The van der Waals surface area contributed by atoms with E-state index in [2.05, 4.69) is 5.32 Å². The summed E-state index contributed by atoms with van der Waals surface area (Å²) in [6.45, 7) is 0. The number of hydrogen-bond acceptors (Lipinski definition) is 2. The maximum absolute atomic E-state index is 7.16. The molecule has 0 amide bonds. The van der Waals surface area contributed by atoms with Crippen molar-refractivity contribution in [3.8, 4) is 0 Å². The van der Waals surface area contributed by atoms with Crippen molar-refractivity contribution >= 4 is 16.9 Å². The molecule has 1 aliphatic carbocycles. The molecule has 1 saturated carbocycles. The fraction of sp³-hybridized carbons (Fsp3) is 0.800. The number of thioether (sulfide) groups is 1. The van der Waals surface area contributed by atoms with Crippen molar-refractivity contribution in [2.75, 3.05) is 6.26 Å². The van der Waals surface area contributed by atoms with Crippen LogP contribution in [0.1, 0.15) is 12.8 Å². The lowest BCUT2D eigenvalue weighted by Crippen LogP contribution is -2.20. The molecule has 0 unspecified atom stereocenters. The standard InChI is InChI=1S/C5H10N2S/c1-8-5(6)7-4-2-3-4/h4H,2-3H2,1H3,(H2,6,7). The van der Waals surface area contributed by atoms with Gasteiger partial charge in [-0.1, -0.05) is 11.8 Å². The van der Waals surface area contributed by atoms with E-state index in [9.17, 15) is 0 Å². The minimum absolute atomic E-state index is 0.604. The van der Waals surface area contributed by atoms with E-state index in [0.29, 0.717) is 11.2 Å². The molecule has 1 rings (SSSR count). The SMILES string of the molecule is CSC(=N)NC1CC1. The van der Waals surface area contributed by atoms with E-state index in [1.165, 1.54) is 24.6 Å². The Labute approximate surface area is 53.6 Å². The van der Waals surface area contributed by atoms with E-state index in [1.807, 2.05) is 6.26 Å². The maximum atomic E-state index is 7.16. The van der Waals surface area contributed by atoms with Gasteiger partial charge in [-0.25, -0.2) is 0 Å².